The van der Waals surface area contributed by atoms with Gasteiger partial charge in [0.2, 0.25) is 0 Å². The molecule has 4 rings (SSSR count). The van der Waals surface area contributed by atoms with Gasteiger partial charge in [-0.3, -0.25) is 19.5 Å². The fraction of sp³-hybridized carbons (Fsp3) is 0.457. The highest BCUT2D eigenvalue weighted by molar-refractivity contribution is 6.04. The molecular weight excluding hydrogens is 522 g/mol. The summed E-state index contributed by atoms with van der Waals surface area (Å²) in [6.07, 6.45) is 1.70. The van der Waals surface area contributed by atoms with Crippen molar-refractivity contribution in [1.29, 1.82) is 0 Å². The number of piperazine rings is 1. The van der Waals surface area contributed by atoms with Crippen molar-refractivity contribution in [2.75, 3.05) is 45.1 Å². The van der Waals surface area contributed by atoms with Crippen LogP contribution in [0.2, 0.25) is 0 Å². The molecule has 224 valence electrons. The van der Waals surface area contributed by atoms with Gasteiger partial charge >= 0.3 is 0 Å². The lowest BCUT2D eigenvalue weighted by Gasteiger charge is -2.32. The Kier molecular flexibility index (Phi) is 9.53. The SMILES string of the molecule is Cc1ncc(NC(=O)c2cc(CN3CCN(C)CC3)cc(C(C)(C)C)c2)cc1-c1ccc(C(=O)NCC(C)(C)C)cc1. The van der Waals surface area contributed by atoms with Crippen LogP contribution in [0.3, 0.4) is 0 Å². The maximum atomic E-state index is 13.6. The van der Waals surface area contributed by atoms with Crippen molar-refractivity contribution in [2.24, 2.45) is 5.41 Å². The Bertz CT molecular complexity index is 1410. The first-order valence-electron chi connectivity index (χ1n) is 14.9. The van der Waals surface area contributed by atoms with E-state index in [2.05, 4.69) is 80.1 Å². The third-order valence-electron chi connectivity index (χ3n) is 7.71. The molecule has 42 heavy (non-hydrogen) atoms. The number of carbonyl (C=O) groups excluding carboxylic acids is 2. The molecule has 0 aliphatic carbocycles. The summed E-state index contributed by atoms with van der Waals surface area (Å²) in [4.78, 5) is 35.5. The first-order valence-corrected chi connectivity index (χ1v) is 14.9. The summed E-state index contributed by atoms with van der Waals surface area (Å²) in [5.41, 5.74) is 6.84. The third-order valence-corrected chi connectivity index (χ3v) is 7.71. The van der Waals surface area contributed by atoms with Crippen molar-refractivity contribution < 1.29 is 9.59 Å². The molecule has 0 bridgehead atoms. The molecule has 1 aliphatic heterocycles. The van der Waals surface area contributed by atoms with Gasteiger partial charge in [-0.1, -0.05) is 59.7 Å². The van der Waals surface area contributed by atoms with Gasteiger partial charge in [-0.05, 0) is 71.8 Å². The number of amides is 2. The van der Waals surface area contributed by atoms with Gasteiger partial charge in [-0.25, -0.2) is 0 Å². The van der Waals surface area contributed by atoms with E-state index in [-0.39, 0.29) is 22.6 Å². The molecule has 2 N–H and O–H groups in total. The summed E-state index contributed by atoms with van der Waals surface area (Å²) in [5.74, 6) is -0.236. The molecule has 1 fully saturated rings. The number of nitrogens with one attached hydrogen (secondary N) is 2. The number of nitrogens with zero attached hydrogens (tertiary/aromatic N) is 3. The number of anilines is 1. The Labute approximate surface area is 251 Å². The van der Waals surface area contributed by atoms with E-state index < -0.39 is 0 Å². The van der Waals surface area contributed by atoms with Crippen LogP contribution in [0.15, 0.2) is 54.7 Å². The molecule has 0 unspecified atom stereocenters. The first kappa shape index (κ1) is 31.4. The molecule has 7 heteroatoms. The molecule has 2 aromatic carbocycles. The van der Waals surface area contributed by atoms with Gasteiger partial charge < -0.3 is 15.5 Å². The van der Waals surface area contributed by atoms with E-state index in [1.807, 2.05) is 49.4 Å². The zero-order valence-electron chi connectivity index (χ0n) is 26.6. The second kappa shape index (κ2) is 12.8. The molecule has 7 nitrogen and oxygen atoms in total. The molecule has 1 aliphatic rings. The predicted octanol–water partition coefficient (Wildman–Crippen LogP) is 6.13. The molecule has 1 saturated heterocycles. The number of likely N-dealkylation sites (N-methyl/N-ethyl adjacent to an activating group) is 1. The van der Waals surface area contributed by atoms with Gasteiger partial charge in [0.1, 0.15) is 0 Å². The Balaban J connectivity index is 1.52. The lowest BCUT2D eigenvalue weighted by atomic mass is 9.85. The number of carbonyl (C=O) groups is 2. The Hall–Kier alpha value is -3.55. The number of rotatable bonds is 7. The second-order valence-corrected chi connectivity index (χ2v) is 13.9. The van der Waals surface area contributed by atoms with E-state index >= 15 is 0 Å². The lowest BCUT2D eigenvalue weighted by molar-refractivity contribution is 0.0938. The van der Waals surface area contributed by atoms with Crippen LogP contribution < -0.4 is 10.6 Å². The highest BCUT2D eigenvalue weighted by atomic mass is 16.2. The van der Waals surface area contributed by atoms with E-state index in [4.69, 9.17) is 0 Å². The molecule has 3 aromatic rings. The number of hydrogen-bond donors (Lipinski definition) is 2. The molecule has 1 aromatic heterocycles. The minimum atomic E-state index is -0.150. The van der Waals surface area contributed by atoms with Crippen LogP contribution in [0, 0.1) is 12.3 Å². The van der Waals surface area contributed by atoms with Crippen LogP contribution in [0.25, 0.3) is 11.1 Å². The van der Waals surface area contributed by atoms with Crippen LogP contribution in [-0.4, -0.2) is 66.4 Å². The fourth-order valence-electron chi connectivity index (χ4n) is 4.96. The third kappa shape index (κ3) is 8.49. The first-order chi connectivity index (χ1) is 19.7. The molecule has 0 radical (unpaired) electrons. The number of aromatic nitrogens is 1. The lowest BCUT2D eigenvalue weighted by Crippen LogP contribution is -2.43. The van der Waals surface area contributed by atoms with Crippen molar-refractivity contribution >= 4 is 17.5 Å². The molecule has 0 atom stereocenters. The van der Waals surface area contributed by atoms with Gasteiger partial charge in [0.25, 0.3) is 11.8 Å². The summed E-state index contributed by atoms with van der Waals surface area (Å²) in [6, 6.07) is 15.7. The number of pyridine rings is 1. The standard InChI is InChI=1S/C35H47N5O2/c1-24-31(26-9-11-27(12-10-26)32(41)37-23-34(2,3)4)20-30(21-36-24)38-33(42)28-17-25(18-29(19-28)35(5,6)7)22-40-15-13-39(8)14-16-40/h9-12,17-21H,13-16,22-23H2,1-8H3,(H,37,41)(H,38,42). The summed E-state index contributed by atoms with van der Waals surface area (Å²) in [5, 5.41) is 6.08. The smallest absolute Gasteiger partial charge is 0.255 e. The van der Waals surface area contributed by atoms with Gasteiger partial charge in [-0.15, -0.1) is 0 Å². The van der Waals surface area contributed by atoms with Crippen LogP contribution >= 0.6 is 0 Å². The summed E-state index contributed by atoms with van der Waals surface area (Å²) in [6.45, 7) is 20.4. The van der Waals surface area contributed by atoms with Crippen LogP contribution in [0.5, 0.6) is 0 Å². The highest BCUT2D eigenvalue weighted by Gasteiger charge is 2.21. The van der Waals surface area contributed by atoms with Crippen molar-refractivity contribution in [3.8, 4) is 11.1 Å². The topological polar surface area (TPSA) is 77.6 Å². The van der Waals surface area contributed by atoms with Crippen molar-refractivity contribution in [3.63, 3.8) is 0 Å². The van der Waals surface area contributed by atoms with E-state index in [0.717, 1.165) is 60.7 Å². The van der Waals surface area contributed by atoms with E-state index in [1.54, 1.807) is 6.20 Å². The average molecular weight is 570 g/mol. The van der Waals surface area contributed by atoms with E-state index in [0.29, 0.717) is 23.4 Å². The van der Waals surface area contributed by atoms with E-state index in [9.17, 15) is 9.59 Å². The summed E-state index contributed by atoms with van der Waals surface area (Å²) < 4.78 is 0. The average Bonchev–Trinajstić information content (AvgIpc) is 2.93. The van der Waals surface area contributed by atoms with E-state index in [1.165, 1.54) is 0 Å². The van der Waals surface area contributed by atoms with Crippen molar-refractivity contribution in [3.05, 3.63) is 82.7 Å². The van der Waals surface area contributed by atoms with Crippen LogP contribution in [-0.2, 0) is 12.0 Å². The molecular formula is C35H47N5O2. The Morgan fingerprint density at radius 1 is 0.857 bits per heavy atom. The summed E-state index contributed by atoms with van der Waals surface area (Å²) >= 11 is 0. The molecule has 0 spiro atoms. The minimum Gasteiger partial charge on any atom is -0.352 e. The van der Waals surface area contributed by atoms with Gasteiger partial charge in [0.05, 0.1) is 11.9 Å². The largest absolute Gasteiger partial charge is 0.352 e. The van der Waals surface area contributed by atoms with Gasteiger partial charge in [0.15, 0.2) is 0 Å². The van der Waals surface area contributed by atoms with Crippen LogP contribution in [0.4, 0.5) is 5.69 Å². The Morgan fingerprint density at radius 2 is 1.52 bits per heavy atom. The highest BCUT2D eigenvalue weighted by Crippen LogP contribution is 2.28. The predicted molar refractivity (Wildman–Crippen MR) is 172 cm³/mol. The zero-order chi connectivity index (χ0) is 30.7. The van der Waals surface area contributed by atoms with Crippen molar-refractivity contribution in [1.82, 2.24) is 20.1 Å². The zero-order valence-corrected chi connectivity index (χ0v) is 26.6. The summed E-state index contributed by atoms with van der Waals surface area (Å²) in [7, 11) is 2.16. The molecule has 0 saturated carbocycles. The number of hydrogen-bond acceptors (Lipinski definition) is 5. The minimum absolute atomic E-state index is 0.0174. The number of aryl methyl sites for hydroxylation is 1. The Morgan fingerprint density at radius 3 is 2.14 bits per heavy atom. The maximum absolute atomic E-state index is 13.6. The van der Waals surface area contributed by atoms with Gasteiger partial charge in [0, 0.05) is 61.7 Å². The molecule has 2 amide bonds. The second-order valence-electron chi connectivity index (χ2n) is 13.9. The molecule has 2 heterocycles. The number of benzene rings is 2. The quantitative estimate of drug-likeness (QED) is 0.358. The van der Waals surface area contributed by atoms with Crippen LogP contribution in [0.1, 0.15) is 79.1 Å². The van der Waals surface area contributed by atoms with Gasteiger partial charge in [-0.2, -0.15) is 0 Å². The monoisotopic (exact) mass is 569 g/mol. The fourth-order valence-corrected chi connectivity index (χ4v) is 4.96. The maximum Gasteiger partial charge on any atom is 0.255 e. The normalized spacial score (nSPS) is 15.0. The van der Waals surface area contributed by atoms with Crippen molar-refractivity contribution in [2.45, 2.75) is 60.4 Å².